The summed E-state index contributed by atoms with van der Waals surface area (Å²) in [5.74, 6) is 0. The second-order valence-corrected chi connectivity index (χ2v) is 1.10. The third-order valence-corrected chi connectivity index (χ3v) is 0. The first kappa shape index (κ1) is 9.38. The van der Waals surface area contributed by atoms with Crippen LogP contribution in [0, 0.1) is 0 Å². The first-order valence-corrected chi connectivity index (χ1v) is 3.53. The molecule has 0 radical (unpaired) electrons. The van der Waals surface area contributed by atoms with Crippen molar-refractivity contribution < 1.29 is 33.2 Å². The van der Waals surface area contributed by atoms with Gasteiger partial charge in [-0.05, 0) is 0 Å². The Morgan fingerprint density at radius 3 is 1.75 bits per heavy atom. The molecular formula is HNaNiOTi. The normalized spacial score (nSPS) is 2.50. The molecule has 4 heteroatoms. The van der Waals surface area contributed by atoms with Crippen LogP contribution in [0.2, 0.25) is 0 Å². The van der Waals surface area contributed by atoms with Crippen LogP contribution in [0.25, 0.3) is 0 Å². The summed E-state index contributed by atoms with van der Waals surface area (Å²) in [4.78, 5) is 0. The molecule has 0 fully saturated rings. The van der Waals surface area contributed by atoms with Gasteiger partial charge in [0, 0.05) is 0 Å². The van der Waals surface area contributed by atoms with E-state index in [-0.39, 0.29) is 29.6 Å². The van der Waals surface area contributed by atoms with E-state index in [1.165, 1.54) is 0 Å². The maximum absolute atomic E-state index is 8.89. The maximum atomic E-state index is 8.89. The van der Waals surface area contributed by atoms with E-state index >= 15 is 0 Å². The average Bonchev–Trinajstić information content (AvgIpc) is 0.918. The van der Waals surface area contributed by atoms with Gasteiger partial charge in [-0.15, -0.1) is 0 Å². The van der Waals surface area contributed by atoms with Gasteiger partial charge in [0.2, 0.25) is 0 Å². The van der Waals surface area contributed by atoms with Gasteiger partial charge in [0.1, 0.15) is 0 Å². The van der Waals surface area contributed by atoms with E-state index < -0.39 is 17.1 Å². The van der Waals surface area contributed by atoms with E-state index in [0.29, 0.717) is 0 Å². The van der Waals surface area contributed by atoms with Crippen LogP contribution in [-0.4, -0.2) is 29.6 Å². The zero-order valence-corrected chi connectivity index (χ0v) is 3.77. The second kappa shape index (κ2) is 8.89. The molecule has 0 aromatic carbocycles. The first-order chi connectivity index (χ1) is 1.41. The molecule has 0 atom stereocenters. The molecule has 0 unspecified atom stereocenters. The summed E-state index contributed by atoms with van der Waals surface area (Å²) in [5.41, 5.74) is 0. The van der Waals surface area contributed by atoms with E-state index in [2.05, 4.69) is 12.7 Å². The van der Waals surface area contributed by atoms with Gasteiger partial charge in [0.15, 0.2) is 0 Å². The van der Waals surface area contributed by atoms with Crippen molar-refractivity contribution in [3.05, 3.63) is 0 Å². The van der Waals surface area contributed by atoms with E-state index in [0.717, 1.165) is 0 Å². The third-order valence-electron chi connectivity index (χ3n) is 0. The monoisotopic (exact) mass is 146 g/mol. The van der Waals surface area contributed by atoms with Gasteiger partial charge in [0.05, 0.1) is 0 Å². The van der Waals surface area contributed by atoms with Crippen LogP contribution in [0.3, 0.4) is 0 Å². The topological polar surface area (TPSA) is 17.1 Å². The SMILES string of the molecule is [NaH].[O]=[Ti][Ni]. The van der Waals surface area contributed by atoms with Crippen molar-refractivity contribution in [3.63, 3.8) is 0 Å². The molecule has 22 valence electrons. The molecule has 0 aliphatic heterocycles. The molecule has 0 aromatic rings. The van der Waals surface area contributed by atoms with Gasteiger partial charge in [-0.3, -0.25) is 0 Å². The van der Waals surface area contributed by atoms with E-state index in [4.69, 9.17) is 3.32 Å². The summed E-state index contributed by atoms with van der Waals surface area (Å²) in [6.45, 7) is 0. The third kappa shape index (κ3) is 8.99. The minimum atomic E-state index is -1.12. The van der Waals surface area contributed by atoms with Gasteiger partial charge in [-0.25, -0.2) is 0 Å². The van der Waals surface area contributed by atoms with Crippen molar-refractivity contribution in [2.45, 2.75) is 0 Å². The van der Waals surface area contributed by atoms with Crippen molar-refractivity contribution >= 4 is 29.6 Å². The Balaban J connectivity index is 0. The van der Waals surface area contributed by atoms with Crippen molar-refractivity contribution in [3.8, 4) is 0 Å². The zero-order valence-electron chi connectivity index (χ0n) is 1.22. The van der Waals surface area contributed by atoms with Crippen molar-refractivity contribution in [1.29, 1.82) is 0 Å². The Hall–Kier alpha value is 2.01. The first-order valence-electron chi connectivity index (χ1n) is 0.362. The molecule has 0 spiro atoms. The molecule has 0 N–H and O–H groups in total. The molecule has 0 aromatic heterocycles. The van der Waals surface area contributed by atoms with Crippen LogP contribution in [0.15, 0.2) is 0 Å². The molecule has 0 aliphatic carbocycles. The molecule has 0 saturated carbocycles. The van der Waals surface area contributed by atoms with Gasteiger partial charge in [-0.1, -0.05) is 0 Å². The quantitative estimate of drug-likeness (QED) is 0.410. The Labute approximate surface area is 61.8 Å². The molecule has 0 aliphatic rings. The molecule has 1 nitrogen and oxygen atoms in total. The van der Waals surface area contributed by atoms with Gasteiger partial charge in [-0.2, -0.15) is 0 Å². The van der Waals surface area contributed by atoms with Crippen molar-refractivity contribution in [1.82, 2.24) is 0 Å². The van der Waals surface area contributed by atoms with Crippen LogP contribution in [0.4, 0.5) is 0 Å². The van der Waals surface area contributed by atoms with Crippen LogP contribution in [0.5, 0.6) is 0 Å². The Morgan fingerprint density at radius 1 is 1.75 bits per heavy atom. The zero-order chi connectivity index (χ0) is 2.71. The van der Waals surface area contributed by atoms with E-state index in [1.807, 2.05) is 0 Å². The summed E-state index contributed by atoms with van der Waals surface area (Å²) in [6, 6.07) is 0. The van der Waals surface area contributed by atoms with E-state index in [1.54, 1.807) is 0 Å². The standard InChI is InChI=1S/Na.Ni.O.Ti.H. The Kier molecular flexibility index (Phi) is 20.8. The summed E-state index contributed by atoms with van der Waals surface area (Å²) in [5, 5.41) is 0. The Bertz CT molecular complexity index is 15.5. The molecule has 4 heavy (non-hydrogen) atoms. The van der Waals surface area contributed by atoms with Gasteiger partial charge >= 0.3 is 62.8 Å². The van der Waals surface area contributed by atoms with Gasteiger partial charge in [0.25, 0.3) is 0 Å². The van der Waals surface area contributed by atoms with Crippen LogP contribution < -0.4 is 0 Å². The fraction of sp³-hybridized carbons (Fsp3) is 0. The van der Waals surface area contributed by atoms with Crippen LogP contribution in [-0.2, 0) is 33.2 Å². The second-order valence-electron chi connectivity index (χ2n) is 0.0645. The molecule has 0 rings (SSSR count). The summed E-state index contributed by atoms with van der Waals surface area (Å²) < 4.78 is 8.89. The summed E-state index contributed by atoms with van der Waals surface area (Å²) in [6.07, 6.45) is 0. The predicted molar refractivity (Wildman–Crippen MR) is 7.84 cm³/mol. The average molecular weight is 147 g/mol. The summed E-state index contributed by atoms with van der Waals surface area (Å²) >= 11 is 2.61. The van der Waals surface area contributed by atoms with Crippen LogP contribution >= 0.6 is 0 Å². The molecular weight excluding hydrogens is 146 g/mol. The predicted octanol–water partition coefficient (Wildman–Crippen LogP) is -0.772. The van der Waals surface area contributed by atoms with Crippen LogP contribution in [0.1, 0.15) is 0 Å². The molecule has 0 bridgehead atoms. The van der Waals surface area contributed by atoms with Gasteiger partial charge < -0.3 is 0 Å². The Morgan fingerprint density at radius 2 is 1.75 bits per heavy atom. The van der Waals surface area contributed by atoms with Crippen molar-refractivity contribution in [2.24, 2.45) is 0 Å². The molecule has 0 amide bonds. The van der Waals surface area contributed by atoms with Crippen molar-refractivity contribution in [2.75, 3.05) is 0 Å². The number of hydrogen-bond acceptors (Lipinski definition) is 1. The fourth-order valence-corrected chi connectivity index (χ4v) is 0. The summed E-state index contributed by atoms with van der Waals surface area (Å²) in [7, 11) is 0. The minimum absolute atomic E-state index is 0. The number of rotatable bonds is 0. The number of hydrogen-bond donors (Lipinski definition) is 0. The van der Waals surface area contributed by atoms with E-state index in [9.17, 15) is 0 Å². The fourth-order valence-electron chi connectivity index (χ4n) is 0. The molecule has 0 saturated heterocycles. The molecule has 0 heterocycles.